The third kappa shape index (κ3) is 3.15. The number of nitrogens with two attached hydrogens (primary N) is 1. The van der Waals surface area contributed by atoms with Gasteiger partial charge in [0.2, 0.25) is 0 Å². The van der Waals surface area contributed by atoms with E-state index in [9.17, 15) is 0 Å². The predicted molar refractivity (Wildman–Crippen MR) is 73.6 cm³/mol. The van der Waals surface area contributed by atoms with Crippen molar-refractivity contribution >= 4 is 17.4 Å². The van der Waals surface area contributed by atoms with Crippen LogP contribution in [0.3, 0.4) is 0 Å². The largest absolute Gasteiger partial charge is 0.490 e. The number of nitrogen functional groups attached to an aromatic ring is 1. The van der Waals surface area contributed by atoms with Gasteiger partial charge in [-0.05, 0) is 38.1 Å². The zero-order valence-electron chi connectivity index (χ0n) is 10.4. The Morgan fingerprint density at radius 2 is 2.11 bits per heavy atom. The van der Waals surface area contributed by atoms with Gasteiger partial charge in [0.25, 0.3) is 0 Å². The van der Waals surface area contributed by atoms with Gasteiger partial charge in [-0.1, -0.05) is 11.6 Å². The maximum absolute atomic E-state index is 7.37. The Kier molecular flexibility index (Phi) is 4.09. The molecule has 5 heteroatoms. The number of hydrogen-bond acceptors (Lipinski definition) is 3. The van der Waals surface area contributed by atoms with Gasteiger partial charge in [-0.2, -0.15) is 0 Å². The van der Waals surface area contributed by atoms with Crippen molar-refractivity contribution in [2.75, 3.05) is 20.1 Å². The molecular weight excluding hydrogens is 250 g/mol. The highest BCUT2D eigenvalue weighted by Gasteiger charge is 2.18. The molecule has 1 aromatic rings. The molecule has 1 saturated heterocycles. The number of halogens is 1. The normalized spacial score (nSPS) is 17.7. The molecule has 0 amide bonds. The van der Waals surface area contributed by atoms with Crippen molar-refractivity contribution in [1.29, 1.82) is 5.41 Å². The number of benzene rings is 1. The van der Waals surface area contributed by atoms with Crippen LogP contribution in [-0.4, -0.2) is 37.0 Å². The second kappa shape index (κ2) is 5.59. The maximum atomic E-state index is 7.37. The molecule has 1 aliphatic heterocycles. The summed E-state index contributed by atoms with van der Waals surface area (Å²) in [5.74, 6) is 0.727. The lowest BCUT2D eigenvalue weighted by molar-refractivity contribution is 0.114. The Bertz CT molecular complexity index is 442. The van der Waals surface area contributed by atoms with E-state index in [1.165, 1.54) is 0 Å². The standard InChI is InChI=1S/C13H18ClN3O/c1-17-6-4-9(5-7-17)18-10-2-3-11(13(15)16)12(14)8-10/h2-3,8-9H,4-7H2,1H3,(H3,15,16). The Balaban J connectivity index is 2.02. The Morgan fingerprint density at radius 1 is 1.44 bits per heavy atom. The molecule has 1 heterocycles. The van der Waals surface area contributed by atoms with E-state index in [0.717, 1.165) is 31.7 Å². The first-order valence-electron chi connectivity index (χ1n) is 6.05. The molecule has 1 aliphatic rings. The fourth-order valence-corrected chi connectivity index (χ4v) is 2.36. The van der Waals surface area contributed by atoms with Crippen LogP contribution in [0.15, 0.2) is 18.2 Å². The van der Waals surface area contributed by atoms with E-state index in [1.807, 2.05) is 6.07 Å². The average molecular weight is 268 g/mol. The van der Waals surface area contributed by atoms with Crippen molar-refractivity contribution in [3.8, 4) is 5.75 Å². The van der Waals surface area contributed by atoms with Crippen LogP contribution in [0.4, 0.5) is 0 Å². The Hall–Kier alpha value is -1.26. The first-order valence-corrected chi connectivity index (χ1v) is 6.43. The lowest BCUT2D eigenvalue weighted by Gasteiger charge is -2.29. The van der Waals surface area contributed by atoms with Crippen LogP contribution in [0, 0.1) is 5.41 Å². The summed E-state index contributed by atoms with van der Waals surface area (Å²) in [7, 11) is 2.12. The molecule has 18 heavy (non-hydrogen) atoms. The first-order chi connectivity index (χ1) is 8.56. The highest BCUT2D eigenvalue weighted by atomic mass is 35.5. The highest BCUT2D eigenvalue weighted by molar-refractivity contribution is 6.34. The zero-order valence-corrected chi connectivity index (χ0v) is 11.2. The van der Waals surface area contributed by atoms with Crippen molar-refractivity contribution in [2.24, 2.45) is 5.73 Å². The summed E-state index contributed by atoms with van der Waals surface area (Å²) in [5.41, 5.74) is 5.97. The van der Waals surface area contributed by atoms with E-state index in [2.05, 4.69) is 11.9 Å². The van der Waals surface area contributed by atoms with Crippen LogP contribution >= 0.6 is 11.6 Å². The molecule has 4 nitrogen and oxygen atoms in total. The van der Waals surface area contributed by atoms with Crippen LogP contribution in [0.1, 0.15) is 18.4 Å². The van der Waals surface area contributed by atoms with Gasteiger partial charge in [-0.25, -0.2) is 0 Å². The van der Waals surface area contributed by atoms with Gasteiger partial charge < -0.3 is 15.4 Å². The van der Waals surface area contributed by atoms with Gasteiger partial charge in [0.05, 0.1) is 5.02 Å². The minimum absolute atomic E-state index is 0.0224. The molecule has 0 radical (unpaired) electrons. The maximum Gasteiger partial charge on any atom is 0.124 e. The summed E-state index contributed by atoms with van der Waals surface area (Å²) < 4.78 is 5.90. The number of nitrogens with zero attached hydrogens (tertiary/aromatic N) is 1. The third-order valence-electron chi connectivity index (χ3n) is 3.20. The summed E-state index contributed by atoms with van der Waals surface area (Å²) >= 11 is 6.06. The molecule has 98 valence electrons. The van der Waals surface area contributed by atoms with Crippen LogP contribution < -0.4 is 10.5 Å². The minimum atomic E-state index is -0.0224. The number of hydrogen-bond donors (Lipinski definition) is 2. The first kappa shape index (κ1) is 13.2. The fraction of sp³-hybridized carbons (Fsp3) is 0.462. The van der Waals surface area contributed by atoms with Crippen LogP contribution in [0.2, 0.25) is 5.02 Å². The average Bonchev–Trinajstić information content (AvgIpc) is 2.32. The lowest BCUT2D eigenvalue weighted by Crippen LogP contribution is -2.35. The van der Waals surface area contributed by atoms with E-state index in [0.29, 0.717) is 10.6 Å². The van der Waals surface area contributed by atoms with Gasteiger partial charge in [0, 0.05) is 18.7 Å². The number of ether oxygens (including phenoxy) is 1. The SMILES string of the molecule is CN1CCC(Oc2ccc(C(=N)N)c(Cl)c2)CC1. The summed E-state index contributed by atoms with van der Waals surface area (Å²) in [5, 5.41) is 7.83. The topological polar surface area (TPSA) is 62.3 Å². The molecule has 0 saturated carbocycles. The minimum Gasteiger partial charge on any atom is -0.490 e. The smallest absolute Gasteiger partial charge is 0.124 e. The van der Waals surface area contributed by atoms with Gasteiger partial charge in [-0.15, -0.1) is 0 Å². The summed E-state index contributed by atoms with van der Waals surface area (Å²) in [6.45, 7) is 2.12. The molecule has 0 bridgehead atoms. The lowest BCUT2D eigenvalue weighted by atomic mass is 10.1. The van der Waals surface area contributed by atoms with Crippen LogP contribution in [0.5, 0.6) is 5.75 Å². The van der Waals surface area contributed by atoms with Gasteiger partial charge in [-0.3, -0.25) is 5.41 Å². The molecule has 1 aromatic carbocycles. The van der Waals surface area contributed by atoms with E-state index in [4.69, 9.17) is 27.5 Å². The van der Waals surface area contributed by atoms with E-state index >= 15 is 0 Å². The van der Waals surface area contributed by atoms with Gasteiger partial charge in [0.15, 0.2) is 0 Å². The van der Waals surface area contributed by atoms with Crippen molar-refractivity contribution < 1.29 is 4.74 Å². The van der Waals surface area contributed by atoms with Crippen molar-refractivity contribution in [3.05, 3.63) is 28.8 Å². The van der Waals surface area contributed by atoms with E-state index < -0.39 is 0 Å². The molecular formula is C13H18ClN3O. The molecule has 0 atom stereocenters. The molecule has 2 rings (SSSR count). The van der Waals surface area contributed by atoms with Gasteiger partial charge >= 0.3 is 0 Å². The van der Waals surface area contributed by atoms with Crippen LogP contribution in [-0.2, 0) is 0 Å². The molecule has 3 N–H and O–H groups in total. The Morgan fingerprint density at radius 3 is 2.67 bits per heavy atom. The quantitative estimate of drug-likeness (QED) is 0.651. The van der Waals surface area contributed by atoms with Gasteiger partial charge in [0.1, 0.15) is 17.7 Å². The monoisotopic (exact) mass is 267 g/mol. The molecule has 0 aliphatic carbocycles. The number of piperidine rings is 1. The van der Waals surface area contributed by atoms with E-state index in [1.54, 1.807) is 12.1 Å². The molecule has 1 fully saturated rings. The summed E-state index contributed by atoms with van der Waals surface area (Å²) in [6.07, 6.45) is 2.31. The molecule has 0 aromatic heterocycles. The van der Waals surface area contributed by atoms with Crippen LogP contribution in [0.25, 0.3) is 0 Å². The molecule has 0 unspecified atom stereocenters. The number of nitrogens with one attached hydrogen (secondary N) is 1. The predicted octanol–water partition coefficient (Wildman–Crippen LogP) is 2.10. The Labute approximate surface area is 112 Å². The fourth-order valence-electron chi connectivity index (χ4n) is 2.08. The second-order valence-electron chi connectivity index (χ2n) is 4.68. The highest BCUT2D eigenvalue weighted by Crippen LogP contribution is 2.24. The summed E-state index contributed by atoms with van der Waals surface area (Å²) in [6, 6.07) is 5.28. The molecule has 0 spiro atoms. The number of rotatable bonds is 3. The number of amidine groups is 1. The number of likely N-dealkylation sites (tertiary alicyclic amines) is 1. The van der Waals surface area contributed by atoms with E-state index in [-0.39, 0.29) is 11.9 Å². The second-order valence-corrected chi connectivity index (χ2v) is 5.08. The third-order valence-corrected chi connectivity index (χ3v) is 3.51. The van der Waals surface area contributed by atoms with Crippen molar-refractivity contribution in [3.63, 3.8) is 0 Å². The summed E-state index contributed by atoms with van der Waals surface area (Å²) in [4.78, 5) is 2.30. The van der Waals surface area contributed by atoms with Crippen molar-refractivity contribution in [1.82, 2.24) is 4.90 Å². The van der Waals surface area contributed by atoms with Crippen molar-refractivity contribution in [2.45, 2.75) is 18.9 Å². The zero-order chi connectivity index (χ0) is 13.1.